The van der Waals surface area contributed by atoms with Crippen molar-refractivity contribution in [1.29, 1.82) is 0 Å². The maximum Gasteiger partial charge on any atom is 0.255 e. The predicted octanol–water partition coefficient (Wildman–Crippen LogP) is 7.04. The summed E-state index contributed by atoms with van der Waals surface area (Å²) in [4.78, 5) is 36.7. The first-order valence-electron chi connectivity index (χ1n) is 13.6. The van der Waals surface area contributed by atoms with E-state index < -0.39 is 6.04 Å². The summed E-state index contributed by atoms with van der Waals surface area (Å²) in [5.74, 6) is -0.545. The van der Waals surface area contributed by atoms with Crippen molar-refractivity contribution in [2.75, 3.05) is 31.4 Å². The van der Waals surface area contributed by atoms with E-state index in [4.69, 9.17) is 4.98 Å². The second kappa shape index (κ2) is 11.6. The van der Waals surface area contributed by atoms with Crippen molar-refractivity contribution in [2.45, 2.75) is 19.9 Å². The molecule has 0 fully saturated rings. The first-order valence-corrected chi connectivity index (χ1v) is 13.6. The van der Waals surface area contributed by atoms with Crippen molar-refractivity contribution >= 4 is 34.1 Å². The van der Waals surface area contributed by atoms with E-state index in [9.17, 15) is 9.59 Å². The monoisotopic (exact) mass is 542 g/mol. The largest absolute Gasteiger partial charge is 0.378 e. The highest BCUT2D eigenvalue weighted by molar-refractivity contribution is 6.09. The third kappa shape index (κ3) is 5.68. The lowest BCUT2D eigenvalue weighted by molar-refractivity contribution is -0.120. The van der Waals surface area contributed by atoms with Gasteiger partial charge in [0.2, 0.25) is 0 Å². The van der Waals surface area contributed by atoms with E-state index in [0.717, 1.165) is 44.5 Å². The lowest BCUT2D eigenvalue weighted by Gasteiger charge is -2.29. The molecule has 1 aromatic heterocycles. The number of carbonyl (C=O) groups is 2. The Kier molecular flexibility index (Phi) is 7.83. The number of para-hydroxylation sites is 2. The predicted molar refractivity (Wildman–Crippen MR) is 167 cm³/mol. The Morgan fingerprint density at radius 2 is 1.39 bits per heavy atom. The average Bonchev–Trinajstić information content (AvgIpc) is 2.99. The number of amides is 2. The molecule has 1 heterocycles. The van der Waals surface area contributed by atoms with Crippen molar-refractivity contribution in [3.8, 4) is 11.3 Å². The Labute approximate surface area is 241 Å². The fourth-order valence-corrected chi connectivity index (χ4v) is 5.13. The summed E-state index contributed by atoms with van der Waals surface area (Å²) < 4.78 is 0. The van der Waals surface area contributed by atoms with Crippen molar-refractivity contribution in [2.24, 2.45) is 0 Å². The van der Waals surface area contributed by atoms with Gasteiger partial charge in [0.25, 0.3) is 11.8 Å². The standard InChI is InChI=1S/C35H34N4O2/c1-23-12-11-13-24(2)32(23)37-34(40)33(26-18-20-27(21-19-26)38(3)4)39(5)35(41)29-22-31(25-14-7-6-8-15-25)36-30-17-10-9-16-28(29)30/h6-22,33H,1-5H3,(H,37,40). The first-order chi connectivity index (χ1) is 19.7. The van der Waals surface area contributed by atoms with Crippen molar-refractivity contribution in [3.63, 3.8) is 0 Å². The van der Waals surface area contributed by atoms with Gasteiger partial charge in [-0.05, 0) is 54.8 Å². The molecule has 1 atom stereocenters. The van der Waals surface area contributed by atoms with Crippen LogP contribution < -0.4 is 10.2 Å². The van der Waals surface area contributed by atoms with Crippen LogP contribution in [0.3, 0.4) is 0 Å². The number of nitrogens with one attached hydrogen (secondary N) is 1. The molecule has 6 heteroatoms. The molecule has 0 radical (unpaired) electrons. The number of aryl methyl sites for hydroxylation is 2. The van der Waals surface area contributed by atoms with E-state index in [1.54, 1.807) is 7.05 Å². The minimum absolute atomic E-state index is 0.265. The molecule has 4 aromatic carbocycles. The number of likely N-dealkylation sites (N-methyl/N-ethyl adjacent to an activating group) is 1. The zero-order valence-electron chi connectivity index (χ0n) is 24.1. The molecule has 5 aromatic rings. The molecule has 0 spiro atoms. The van der Waals surface area contributed by atoms with E-state index in [2.05, 4.69) is 5.32 Å². The minimum Gasteiger partial charge on any atom is -0.378 e. The van der Waals surface area contributed by atoms with Gasteiger partial charge in [-0.1, -0.05) is 78.9 Å². The van der Waals surface area contributed by atoms with Gasteiger partial charge in [-0.15, -0.1) is 0 Å². The highest BCUT2D eigenvalue weighted by Gasteiger charge is 2.31. The molecule has 206 valence electrons. The minimum atomic E-state index is -0.871. The Morgan fingerprint density at radius 1 is 0.756 bits per heavy atom. The summed E-state index contributed by atoms with van der Waals surface area (Å²) in [6.45, 7) is 3.93. The summed E-state index contributed by atoms with van der Waals surface area (Å²) in [7, 11) is 5.62. The van der Waals surface area contributed by atoms with E-state index in [0.29, 0.717) is 11.3 Å². The maximum absolute atomic E-state index is 14.3. The van der Waals surface area contributed by atoms with Crippen LogP contribution in [0.2, 0.25) is 0 Å². The number of nitrogens with zero attached hydrogens (tertiary/aromatic N) is 3. The average molecular weight is 543 g/mol. The van der Waals surface area contributed by atoms with Crippen LogP contribution in [0.4, 0.5) is 11.4 Å². The normalized spacial score (nSPS) is 11.6. The van der Waals surface area contributed by atoms with Crippen LogP contribution in [-0.2, 0) is 4.79 Å². The zero-order valence-corrected chi connectivity index (χ0v) is 24.1. The number of fused-ring (bicyclic) bond motifs is 1. The van der Waals surface area contributed by atoms with Gasteiger partial charge < -0.3 is 15.1 Å². The fourth-order valence-electron chi connectivity index (χ4n) is 5.13. The van der Waals surface area contributed by atoms with Crippen LogP contribution in [-0.4, -0.2) is 42.8 Å². The molecule has 6 nitrogen and oxygen atoms in total. The fraction of sp³-hybridized carbons (Fsp3) is 0.171. The van der Waals surface area contributed by atoms with Crippen molar-refractivity contribution in [3.05, 3.63) is 125 Å². The number of rotatable bonds is 7. The lowest BCUT2D eigenvalue weighted by Crippen LogP contribution is -2.39. The molecule has 1 N–H and O–H groups in total. The first kappa shape index (κ1) is 27.6. The molecule has 0 bridgehead atoms. The summed E-state index contributed by atoms with van der Waals surface area (Å²) in [6.07, 6.45) is 0. The van der Waals surface area contributed by atoms with Crippen LogP contribution in [0.15, 0.2) is 103 Å². The summed E-state index contributed by atoms with van der Waals surface area (Å²) in [5.41, 5.74) is 7.23. The number of anilines is 2. The number of pyridine rings is 1. The molecule has 0 saturated heterocycles. The van der Waals surface area contributed by atoms with Crippen LogP contribution in [0, 0.1) is 13.8 Å². The topological polar surface area (TPSA) is 65.5 Å². The molecule has 0 aliphatic heterocycles. The number of aromatic nitrogens is 1. The summed E-state index contributed by atoms with van der Waals surface area (Å²) in [6, 6.07) is 32.0. The second-order valence-electron chi connectivity index (χ2n) is 10.5. The summed E-state index contributed by atoms with van der Waals surface area (Å²) in [5, 5.41) is 3.86. The second-order valence-corrected chi connectivity index (χ2v) is 10.5. The van der Waals surface area contributed by atoms with Gasteiger partial charge in [-0.3, -0.25) is 9.59 Å². The van der Waals surface area contributed by atoms with Gasteiger partial charge in [0.05, 0.1) is 16.8 Å². The Morgan fingerprint density at radius 3 is 2.05 bits per heavy atom. The Bertz CT molecular complexity index is 1690. The lowest BCUT2D eigenvalue weighted by atomic mass is 9.99. The molecule has 0 aliphatic rings. The third-order valence-electron chi connectivity index (χ3n) is 7.43. The van der Waals surface area contributed by atoms with Gasteiger partial charge in [-0.25, -0.2) is 4.98 Å². The van der Waals surface area contributed by atoms with Crippen LogP contribution >= 0.6 is 0 Å². The quantitative estimate of drug-likeness (QED) is 0.240. The summed E-state index contributed by atoms with van der Waals surface area (Å²) >= 11 is 0. The van der Waals surface area contributed by atoms with Crippen LogP contribution in [0.5, 0.6) is 0 Å². The SMILES string of the molecule is Cc1cccc(C)c1NC(=O)C(c1ccc(N(C)C)cc1)N(C)C(=O)c1cc(-c2ccccc2)nc2ccccc12. The Balaban J connectivity index is 1.60. The molecule has 2 amide bonds. The Hall–Kier alpha value is -4.97. The number of benzene rings is 4. The van der Waals surface area contributed by atoms with E-state index in [1.165, 1.54) is 4.90 Å². The molecule has 0 aliphatic carbocycles. The third-order valence-corrected chi connectivity index (χ3v) is 7.43. The van der Waals surface area contributed by atoms with E-state index in [-0.39, 0.29) is 11.8 Å². The van der Waals surface area contributed by atoms with Crippen molar-refractivity contribution in [1.82, 2.24) is 9.88 Å². The molecular weight excluding hydrogens is 508 g/mol. The molecule has 1 unspecified atom stereocenters. The van der Waals surface area contributed by atoms with Crippen LogP contribution in [0.1, 0.15) is 33.1 Å². The van der Waals surface area contributed by atoms with E-state index in [1.807, 2.05) is 136 Å². The van der Waals surface area contributed by atoms with E-state index >= 15 is 0 Å². The van der Waals surface area contributed by atoms with Gasteiger partial charge in [0.1, 0.15) is 6.04 Å². The van der Waals surface area contributed by atoms with Crippen molar-refractivity contribution < 1.29 is 9.59 Å². The van der Waals surface area contributed by atoms with Gasteiger partial charge in [-0.2, -0.15) is 0 Å². The number of carbonyl (C=O) groups excluding carboxylic acids is 2. The smallest absolute Gasteiger partial charge is 0.255 e. The van der Waals surface area contributed by atoms with Gasteiger partial charge in [0, 0.05) is 43.5 Å². The molecular formula is C35H34N4O2. The zero-order chi connectivity index (χ0) is 29.1. The number of hydrogen-bond acceptors (Lipinski definition) is 4. The van der Waals surface area contributed by atoms with Crippen LogP contribution in [0.25, 0.3) is 22.2 Å². The van der Waals surface area contributed by atoms with Gasteiger partial charge >= 0.3 is 0 Å². The molecule has 5 rings (SSSR count). The maximum atomic E-state index is 14.3. The highest BCUT2D eigenvalue weighted by atomic mass is 16.2. The molecule has 0 saturated carbocycles. The molecule has 41 heavy (non-hydrogen) atoms. The highest BCUT2D eigenvalue weighted by Crippen LogP contribution is 2.31. The van der Waals surface area contributed by atoms with Gasteiger partial charge in [0.15, 0.2) is 0 Å². The number of hydrogen-bond donors (Lipinski definition) is 1.